The van der Waals surface area contributed by atoms with Crippen molar-refractivity contribution < 1.29 is 23.1 Å². The average molecular weight is 391 g/mol. The van der Waals surface area contributed by atoms with Crippen LogP contribution in [0.15, 0.2) is 33.5 Å². The normalized spacial score (nSPS) is 19.2. The molecule has 8 nitrogen and oxygen atoms in total. The summed E-state index contributed by atoms with van der Waals surface area (Å²) in [5.41, 5.74) is 0.395. The highest BCUT2D eigenvalue weighted by Crippen LogP contribution is 2.23. The molecule has 0 aliphatic heterocycles. The van der Waals surface area contributed by atoms with Gasteiger partial charge < -0.3 is 14.5 Å². The van der Waals surface area contributed by atoms with Gasteiger partial charge in [0, 0.05) is 11.6 Å². The summed E-state index contributed by atoms with van der Waals surface area (Å²) in [5.74, 6) is -2.08. The van der Waals surface area contributed by atoms with Gasteiger partial charge in [0.2, 0.25) is 5.89 Å². The molecule has 0 radical (unpaired) electrons. The topological polar surface area (TPSA) is 103 Å². The zero-order valence-corrected chi connectivity index (χ0v) is 15.5. The van der Waals surface area contributed by atoms with Gasteiger partial charge in [-0.25, -0.2) is 9.18 Å². The van der Waals surface area contributed by atoms with Gasteiger partial charge in [0.05, 0.1) is 0 Å². The highest BCUT2D eigenvalue weighted by molar-refractivity contribution is 5.80. The first-order valence-electron chi connectivity index (χ1n) is 9.21. The largest absolute Gasteiger partial charge is 0.454 e. The van der Waals surface area contributed by atoms with Crippen LogP contribution in [-0.2, 0) is 20.9 Å². The number of carbonyl (C=O) groups excluding carboxylic acids is 2. The van der Waals surface area contributed by atoms with Crippen LogP contribution in [0.2, 0.25) is 0 Å². The highest BCUT2D eigenvalue weighted by atomic mass is 19.1. The Morgan fingerprint density at radius 2 is 2.00 bits per heavy atom. The standard InChI is InChI=1S/C19H22FN3O5/c1-12-4-2-3-5-15(12)21-16(24)11-27-17(25)10-23-19(26)28-18(22-23)13-6-8-14(20)9-7-13/h6-9,12,15H,2-5,10-11H2,1H3,(H,21,24)/t12-,15-/m0/s1. The van der Waals surface area contributed by atoms with E-state index in [9.17, 15) is 18.8 Å². The number of amides is 1. The van der Waals surface area contributed by atoms with Crippen LogP contribution in [0.3, 0.4) is 0 Å². The van der Waals surface area contributed by atoms with Gasteiger partial charge in [0.1, 0.15) is 12.4 Å². The van der Waals surface area contributed by atoms with Crippen LogP contribution < -0.4 is 11.1 Å². The van der Waals surface area contributed by atoms with Gasteiger partial charge in [-0.3, -0.25) is 9.59 Å². The third-order valence-corrected chi connectivity index (χ3v) is 4.80. The number of rotatable bonds is 6. The minimum Gasteiger partial charge on any atom is -0.454 e. The fourth-order valence-electron chi connectivity index (χ4n) is 3.21. The van der Waals surface area contributed by atoms with Crippen LogP contribution in [-0.4, -0.2) is 34.3 Å². The number of carbonyl (C=O) groups is 2. The molecule has 9 heteroatoms. The molecule has 1 aromatic carbocycles. The first kappa shape index (κ1) is 19.8. The Kier molecular flexibility index (Phi) is 6.23. The van der Waals surface area contributed by atoms with Gasteiger partial charge in [-0.2, -0.15) is 4.68 Å². The highest BCUT2D eigenvalue weighted by Gasteiger charge is 2.23. The summed E-state index contributed by atoms with van der Waals surface area (Å²) in [6.07, 6.45) is 4.22. The van der Waals surface area contributed by atoms with E-state index in [1.165, 1.54) is 24.3 Å². The van der Waals surface area contributed by atoms with E-state index in [4.69, 9.17) is 9.15 Å². The van der Waals surface area contributed by atoms with E-state index in [1.807, 2.05) is 0 Å². The van der Waals surface area contributed by atoms with Crippen molar-refractivity contribution in [1.29, 1.82) is 0 Å². The van der Waals surface area contributed by atoms with Crippen molar-refractivity contribution in [3.8, 4) is 11.5 Å². The van der Waals surface area contributed by atoms with Crippen LogP contribution in [0.5, 0.6) is 0 Å². The van der Waals surface area contributed by atoms with Gasteiger partial charge in [-0.1, -0.05) is 19.8 Å². The van der Waals surface area contributed by atoms with Crippen molar-refractivity contribution in [2.45, 2.75) is 45.2 Å². The lowest BCUT2D eigenvalue weighted by Gasteiger charge is -2.29. The lowest BCUT2D eigenvalue weighted by atomic mass is 9.86. The van der Waals surface area contributed by atoms with E-state index in [-0.39, 0.29) is 17.8 Å². The van der Waals surface area contributed by atoms with Crippen molar-refractivity contribution in [2.24, 2.45) is 5.92 Å². The van der Waals surface area contributed by atoms with Crippen LogP contribution >= 0.6 is 0 Å². The molecule has 1 amide bonds. The Balaban J connectivity index is 1.51. The van der Waals surface area contributed by atoms with Crippen molar-refractivity contribution in [1.82, 2.24) is 15.1 Å². The molecule has 0 unspecified atom stereocenters. The molecule has 28 heavy (non-hydrogen) atoms. The van der Waals surface area contributed by atoms with Gasteiger partial charge in [-0.15, -0.1) is 5.10 Å². The molecule has 2 atom stereocenters. The third-order valence-electron chi connectivity index (χ3n) is 4.80. The number of halogens is 1. The van der Waals surface area contributed by atoms with E-state index in [0.29, 0.717) is 11.5 Å². The molecule has 1 aliphatic rings. The number of nitrogens with zero attached hydrogens (tertiary/aromatic N) is 2. The quantitative estimate of drug-likeness (QED) is 0.754. The minimum absolute atomic E-state index is 0.0400. The molecule has 2 aromatic rings. The van der Waals surface area contributed by atoms with Crippen LogP contribution in [0.4, 0.5) is 4.39 Å². The van der Waals surface area contributed by atoms with Crippen molar-refractivity contribution in [3.05, 3.63) is 40.6 Å². The number of hydrogen-bond donors (Lipinski definition) is 1. The van der Waals surface area contributed by atoms with Crippen LogP contribution in [0.1, 0.15) is 32.6 Å². The van der Waals surface area contributed by atoms with Crippen molar-refractivity contribution in [2.75, 3.05) is 6.61 Å². The Labute approximate surface area is 160 Å². The summed E-state index contributed by atoms with van der Waals surface area (Å²) in [6.45, 7) is 1.18. The molecule has 0 bridgehead atoms. The lowest BCUT2D eigenvalue weighted by molar-refractivity contribution is -0.149. The number of aromatic nitrogens is 2. The monoisotopic (exact) mass is 391 g/mol. The summed E-state index contributed by atoms with van der Waals surface area (Å²) in [5, 5.41) is 6.77. The van der Waals surface area contributed by atoms with E-state index in [2.05, 4.69) is 17.3 Å². The molecular weight excluding hydrogens is 369 g/mol. The smallest absolute Gasteiger partial charge is 0.437 e. The van der Waals surface area contributed by atoms with Gasteiger partial charge in [-0.05, 0) is 43.0 Å². The molecule has 1 fully saturated rings. The molecule has 150 valence electrons. The Morgan fingerprint density at radius 1 is 1.29 bits per heavy atom. The fourth-order valence-corrected chi connectivity index (χ4v) is 3.21. The Morgan fingerprint density at radius 3 is 2.71 bits per heavy atom. The summed E-state index contributed by atoms with van der Waals surface area (Å²) in [6, 6.07) is 5.30. The SMILES string of the molecule is C[C@H]1CCCC[C@@H]1NC(=O)COC(=O)Cn1nc(-c2ccc(F)cc2)oc1=O. The number of benzene rings is 1. The third kappa shape index (κ3) is 5.05. The molecule has 1 aliphatic carbocycles. The Hall–Kier alpha value is -2.97. The second-order valence-electron chi connectivity index (χ2n) is 6.93. The molecule has 1 saturated carbocycles. The first-order valence-corrected chi connectivity index (χ1v) is 9.21. The molecule has 3 rings (SSSR count). The van der Waals surface area contributed by atoms with Crippen molar-refractivity contribution >= 4 is 11.9 Å². The molecule has 1 N–H and O–H groups in total. The second-order valence-corrected chi connectivity index (χ2v) is 6.93. The Bertz CT molecular complexity index is 890. The fraction of sp³-hybridized carbons (Fsp3) is 0.474. The van der Waals surface area contributed by atoms with Crippen LogP contribution in [0.25, 0.3) is 11.5 Å². The molecule has 1 aromatic heterocycles. The summed E-state index contributed by atoms with van der Waals surface area (Å²) in [7, 11) is 0. The van der Waals surface area contributed by atoms with E-state index in [0.717, 1.165) is 30.4 Å². The van der Waals surface area contributed by atoms with Gasteiger partial charge in [0.15, 0.2) is 6.61 Å². The average Bonchev–Trinajstić information content (AvgIpc) is 3.03. The summed E-state index contributed by atoms with van der Waals surface area (Å²) >= 11 is 0. The van der Waals surface area contributed by atoms with E-state index < -0.39 is 30.7 Å². The predicted octanol–water partition coefficient (Wildman–Crippen LogP) is 1.88. The predicted molar refractivity (Wildman–Crippen MR) is 96.7 cm³/mol. The summed E-state index contributed by atoms with van der Waals surface area (Å²) in [4.78, 5) is 35.7. The lowest BCUT2D eigenvalue weighted by Crippen LogP contribution is -2.43. The number of ether oxygens (including phenoxy) is 1. The molecule has 0 spiro atoms. The maximum absolute atomic E-state index is 13.0. The van der Waals surface area contributed by atoms with Crippen molar-refractivity contribution in [3.63, 3.8) is 0 Å². The minimum atomic E-state index is -0.850. The maximum atomic E-state index is 13.0. The second kappa shape index (κ2) is 8.81. The van der Waals surface area contributed by atoms with Gasteiger partial charge >= 0.3 is 11.7 Å². The zero-order valence-electron chi connectivity index (χ0n) is 15.5. The number of esters is 1. The zero-order chi connectivity index (χ0) is 20.1. The molecule has 0 saturated heterocycles. The summed E-state index contributed by atoms with van der Waals surface area (Å²) < 4.78 is 23.7. The van der Waals surface area contributed by atoms with Crippen LogP contribution in [0, 0.1) is 11.7 Å². The van der Waals surface area contributed by atoms with E-state index >= 15 is 0 Å². The maximum Gasteiger partial charge on any atom is 0.437 e. The van der Waals surface area contributed by atoms with Gasteiger partial charge in [0.25, 0.3) is 5.91 Å². The number of nitrogens with one attached hydrogen (secondary N) is 1. The number of hydrogen-bond acceptors (Lipinski definition) is 6. The molecular formula is C19H22FN3O5. The van der Waals surface area contributed by atoms with E-state index in [1.54, 1.807) is 0 Å². The molecule has 1 heterocycles. The first-order chi connectivity index (χ1) is 13.4.